The molecule has 1 N–H and O–H groups in total. The average Bonchev–Trinajstić information content (AvgIpc) is 3.04. The second-order valence-corrected chi connectivity index (χ2v) is 8.90. The SMILES string of the molecule is CC(C)Cc1nc(C(C)(C)C)nn1Cc1ccc(-c2ccccc2C(=O)O)cc1. The number of nitrogens with zero attached hydrogens (tertiary/aromatic N) is 3. The first-order valence-corrected chi connectivity index (χ1v) is 10.0. The van der Waals surface area contributed by atoms with E-state index in [0.717, 1.165) is 34.8 Å². The van der Waals surface area contributed by atoms with Crippen molar-refractivity contribution in [2.45, 2.75) is 53.0 Å². The molecule has 29 heavy (non-hydrogen) atoms. The van der Waals surface area contributed by atoms with Gasteiger partial charge in [0.2, 0.25) is 0 Å². The number of aromatic nitrogens is 3. The Morgan fingerprint density at radius 3 is 2.31 bits per heavy atom. The highest BCUT2D eigenvalue weighted by Crippen LogP contribution is 2.25. The third-order valence-electron chi connectivity index (χ3n) is 4.76. The van der Waals surface area contributed by atoms with Crippen LogP contribution in [-0.2, 0) is 18.4 Å². The molecule has 0 unspecified atom stereocenters. The predicted octanol–water partition coefficient (Wildman–Crippen LogP) is 5.19. The molecule has 2 aromatic carbocycles. The highest BCUT2D eigenvalue weighted by Gasteiger charge is 2.22. The molecule has 3 rings (SSSR count). The van der Waals surface area contributed by atoms with Crippen molar-refractivity contribution in [3.05, 3.63) is 71.3 Å². The summed E-state index contributed by atoms with van der Waals surface area (Å²) in [6.07, 6.45) is 0.882. The van der Waals surface area contributed by atoms with E-state index in [1.54, 1.807) is 12.1 Å². The fourth-order valence-electron chi connectivity index (χ4n) is 3.22. The Morgan fingerprint density at radius 2 is 1.72 bits per heavy atom. The lowest BCUT2D eigenvalue weighted by Crippen LogP contribution is -2.14. The lowest BCUT2D eigenvalue weighted by molar-refractivity contribution is 0.0697. The topological polar surface area (TPSA) is 68.0 Å². The Labute approximate surface area is 172 Å². The van der Waals surface area contributed by atoms with E-state index in [0.29, 0.717) is 18.0 Å². The summed E-state index contributed by atoms with van der Waals surface area (Å²) in [6.45, 7) is 11.4. The van der Waals surface area contributed by atoms with Crippen LogP contribution in [0.4, 0.5) is 0 Å². The van der Waals surface area contributed by atoms with Crippen LogP contribution in [0.1, 0.15) is 62.2 Å². The molecule has 1 aromatic heterocycles. The Bertz CT molecular complexity index is 996. The summed E-state index contributed by atoms with van der Waals surface area (Å²) < 4.78 is 2.00. The van der Waals surface area contributed by atoms with Crippen LogP contribution in [-0.4, -0.2) is 25.8 Å². The molecule has 0 aliphatic heterocycles. The molecule has 3 aromatic rings. The Hall–Kier alpha value is -2.95. The summed E-state index contributed by atoms with van der Waals surface area (Å²) >= 11 is 0. The van der Waals surface area contributed by atoms with Crippen LogP contribution < -0.4 is 0 Å². The van der Waals surface area contributed by atoms with Gasteiger partial charge in [0, 0.05) is 11.8 Å². The van der Waals surface area contributed by atoms with Crippen molar-refractivity contribution < 1.29 is 9.90 Å². The highest BCUT2D eigenvalue weighted by atomic mass is 16.4. The maximum Gasteiger partial charge on any atom is 0.336 e. The molecule has 0 aliphatic rings. The van der Waals surface area contributed by atoms with Gasteiger partial charge in [0.15, 0.2) is 5.82 Å². The van der Waals surface area contributed by atoms with Gasteiger partial charge < -0.3 is 5.11 Å². The van der Waals surface area contributed by atoms with Crippen molar-refractivity contribution in [3.63, 3.8) is 0 Å². The largest absolute Gasteiger partial charge is 0.478 e. The van der Waals surface area contributed by atoms with Crippen LogP contribution in [0.5, 0.6) is 0 Å². The minimum atomic E-state index is -0.916. The van der Waals surface area contributed by atoms with E-state index < -0.39 is 5.97 Å². The molecular formula is C24H29N3O2. The van der Waals surface area contributed by atoms with E-state index in [1.165, 1.54) is 0 Å². The van der Waals surface area contributed by atoms with Crippen LogP contribution in [0.15, 0.2) is 48.5 Å². The Kier molecular flexibility index (Phi) is 5.87. The smallest absolute Gasteiger partial charge is 0.336 e. The molecule has 0 aliphatic carbocycles. The molecule has 0 saturated heterocycles. The maximum atomic E-state index is 11.5. The minimum absolute atomic E-state index is 0.0959. The summed E-state index contributed by atoms with van der Waals surface area (Å²) in [7, 11) is 0. The fraction of sp³-hybridized carbons (Fsp3) is 0.375. The molecule has 0 fully saturated rings. The summed E-state index contributed by atoms with van der Waals surface area (Å²) in [6, 6.07) is 15.1. The first kappa shape index (κ1) is 20.8. The van der Waals surface area contributed by atoms with Gasteiger partial charge in [-0.2, -0.15) is 5.10 Å². The van der Waals surface area contributed by atoms with Crippen LogP contribution in [0.3, 0.4) is 0 Å². The average molecular weight is 392 g/mol. The molecule has 1 heterocycles. The van der Waals surface area contributed by atoms with Crippen molar-refractivity contribution in [2.75, 3.05) is 0 Å². The van der Waals surface area contributed by atoms with Crippen molar-refractivity contribution in [2.24, 2.45) is 5.92 Å². The van der Waals surface area contributed by atoms with Gasteiger partial charge in [-0.1, -0.05) is 77.1 Å². The first-order valence-electron chi connectivity index (χ1n) is 10.0. The molecule has 0 atom stereocenters. The van der Waals surface area contributed by atoms with E-state index in [-0.39, 0.29) is 5.41 Å². The molecule has 0 radical (unpaired) electrons. The molecule has 5 nitrogen and oxygen atoms in total. The molecule has 0 saturated carbocycles. The molecule has 0 spiro atoms. The maximum absolute atomic E-state index is 11.5. The number of carboxylic acid groups (broad SMARTS) is 1. The van der Waals surface area contributed by atoms with Gasteiger partial charge in [-0.3, -0.25) is 0 Å². The minimum Gasteiger partial charge on any atom is -0.478 e. The summed E-state index contributed by atoms with van der Waals surface area (Å²) in [4.78, 5) is 16.3. The van der Waals surface area contributed by atoms with Gasteiger partial charge in [0.1, 0.15) is 5.82 Å². The number of carboxylic acids is 1. The van der Waals surface area contributed by atoms with Gasteiger partial charge in [0.25, 0.3) is 0 Å². The van der Waals surface area contributed by atoms with Gasteiger partial charge in [-0.05, 0) is 28.7 Å². The van der Waals surface area contributed by atoms with Gasteiger partial charge >= 0.3 is 5.97 Å². The molecular weight excluding hydrogens is 362 g/mol. The van der Waals surface area contributed by atoms with Crippen LogP contribution in [0, 0.1) is 5.92 Å². The number of carbonyl (C=O) groups is 1. The predicted molar refractivity (Wildman–Crippen MR) is 115 cm³/mol. The van der Waals surface area contributed by atoms with E-state index >= 15 is 0 Å². The number of aromatic carboxylic acids is 1. The molecule has 0 amide bonds. The summed E-state index contributed by atoms with van der Waals surface area (Å²) in [5, 5.41) is 14.2. The Balaban J connectivity index is 1.89. The third kappa shape index (κ3) is 4.91. The second kappa shape index (κ2) is 8.19. The van der Waals surface area contributed by atoms with Gasteiger partial charge in [-0.15, -0.1) is 0 Å². The molecule has 0 bridgehead atoms. The van der Waals surface area contributed by atoms with Gasteiger partial charge in [0.05, 0.1) is 12.1 Å². The summed E-state index contributed by atoms with van der Waals surface area (Å²) in [5.41, 5.74) is 2.94. The summed E-state index contributed by atoms with van der Waals surface area (Å²) in [5.74, 6) is 1.45. The zero-order valence-corrected chi connectivity index (χ0v) is 17.8. The normalized spacial score (nSPS) is 11.8. The molecule has 5 heteroatoms. The monoisotopic (exact) mass is 391 g/mol. The lowest BCUT2D eigenvalue weighted by atomic mass is 9.96. The Morgan fingerprint density at radius 1 is 1.07 bits per heavy atom. The number of rotatable bonds is 6. The van der Waals surface area contributed by atoms with Crippen molar-refractivity contribution in [3.8, 4) is 11.1 Å². The quantitative estimate of drug-likeness (QED) is 0.628. The molecule has 152 valence electrons. The van der Waals surface area contributed by atoms with Crippen molar-refractivity contribution >= 4 is 5.97 Å². The van der Waals surface area contributed by atoms with E-state index in [4.69, 9.17) is 10.1 Å². The zero-order valence-electron chi connectivity index (χ0n) is 17.8. The van der Waals surface area contributed by atoms with Crippen molar-refractivity contribution in [1.29, 1.82) is 0 Å². The number of hydrogen-bond acceptors (Lipinski definition) is 3. The van der Waals surface area contributed by atoms with E-state index in [9.17, 15) is 9.90 Å². The van der Waals surface area contributed by atoms with Crippen LogP contribution >= 0.6 is 0 Å². The second-order valence-electron chi connectivity index (χ2n) is 8.90. The van der Waals surface area contributed by atoms with E-state index in [1.807, 2.05) is 41.1 Å². The lowest BCUT2D eigenvalue weighted by Gasteiger charge is -2.12. The number of benzene rings is 2. The van der Waals surface area contributed by atoms with Crippen LogP contribution in [0.25, 0.3) is 11.1 Å². The van der Waals surface area contributed by atoms with Crippen LogP contribution in [0.2, 0.25) is 0 Å². The third-order valence-corrected chi connectivity index (χ3v) is 4.76. The zero-order chi connectivity index (χ0) is 21.2. The fourth-order valence-corrected chi connectivity index (χ4v) is 3.22. The highest BCUT2D eigenvalue weighted by molar-refractivity contribution is 5.95. The standard InChI is InChI=1S/C24H29N3O2/c1-16(2)14-21-25-23(24(3,4)5)26-27(21)15-17-10-12-18(13-11-17)19-8-6-7-9-20(19)22(28)29/h6-13,16H,14-15H2,1-5H3,(H,28,29). The van der Waals surface area contributed by atoms with E-state index in [2.05, 4.69) is 34.6 Å². The first-order chi connectivity index (χ1) is 13.6. The van der Waals surface area contributed by atoms with Crippen molar-refractivity contribution in [1.82, 2.24) is 14.8 Å². The van der Waals surface area contributed by atoms with Gasteiger partial charge in [-0.25, -0.2) is 14.5 Å². The number of hydrogen-bond donors (Lipinski definition) is 1.